The summed E-state index contributed by atoms with van der Waals surface area (Å²) in [6.07, 6.45) is 3.47. The summed E-state index contributed by atoms with van der Waals surface area (Å²) in [6, 6.07) is 20.6. The van der Waals surface area contributed by atoms with Crippen LogP contribution in [-0.2, 0) is 4.74 Å². The molecule has 6 nitrogen and oxygen atoms in total. The van der Waals surface area contributed by atoms with E-state index >= 15 is 0 Å². The Balaban J connectivity index is 1.76. The number of nitrogens with one attached hydrogen (secondary N) is 2. The number of hydrogen-bond donors (Lipinski definition) is 3. The third kappa shape index (κ3) is 6.64. The zero-order valence-corrected chi connectivity index (χ0v) is 18.1. The predicted molar refractivity (Wildman–Crippen MR) is 123 cm³/mol. The Hall–Kier alpha value is -3.22. The highest BCUT2D eigenvalue weighted by Gasteiger charge is 2.25. The van der Waals surface area contributed by atoms with Gasteiger partial charge in [0, 0.05) is 29.4 Å². The van der Waals surface area contributed by atoms with Crippen LogP contribution in [0.2, 0.25) is 0 Å². The van der Waals surface area contributed by atoms with Gasteiger partial charge in [-0.05, 0) is 31.5 Å². The van der Waals surface area contributed by atoms with Crippen molar-refractivity contribution in [3.05, 3.63) is 84.7 Å². The van der Waals surface area contributed by atoms with Gasteiger partial charge < -0.3 is 20.5 Å². The van der Waals surface area contributed by atoms with Gasteiger partial charge in [-0.25, -0.2) is 4.79 Å². The number of aromatic nitrogens is 1. The minimum absolute atomic E-state index is 0.0251. The molecule has 0 aliphatic carbocycles. The predicted octanol–water partition coefficient (Wildman–Crippen LogP) is 4.79. The molecule has 0 aliphatic heterocycles. The Morgan fingerprint density at radius 3 is 2.45 bits per heavy atom. The molecule has 0 saturated heterocycles. The molecule has 3 aromatic rings. The summed E-state index contributed by atoms with van der Waals surface area (Å²) in [5.41, 5.74) is 3.55. The van der Waals surface area contributed by atoms with Gasteiger partial charge in [-0.15, -0.1) is 0 Å². The Labute approximate surface area is 183 Å². The van der Waals surface area contributed by atoms with Crippen molar-refractivity contribution >= 4 is 11.7 Å². The van der Waals surface area contributed by atoms with Crippen molar-refractivity contribution in [2.24, 2.45) is 0 Å². The molecule has 0 aliphatic rings. The standard InChI is InChI=1S/C25H29N3O3/c1-18(19-10-5-4-6-11-19)23(17-31-25(2,3)30)28-24(29)27-22-14-8-7-13-21(22)20-12-9-15-26-16-20/h4-16,18,23,30H,17H2,1-3H3,(H2,27,28,29). The molecule has 0 bridgehead atoms. The average Bonchev–Trinajstić information content (AvgIpc) is 2.77. The summed E-state index contributed by atoms with van der Waals surface area (Å²) in [5.74, 6) is -1.32. The third-order valence-corrected chi connectivity index (χ3v) is 5.01. The number of amides is 2. The number of carbonyl (C=O) groups is 1. The van der Waals surface area contributed by atoms with Crippen LogP contribution >= 0.6 is 0 Å². The quantitative estimate of drug-likeness (QED) is 0.459. The molecule has 0 saturated carbocycles. The monoisotopic (exact) mass is 419 g/mol. The fourth-order valence-corrected chi connectivity index (χ4v) is 3.29. The highest BCUT2D eigenvalue weighted by atomic mass is 16.6. The number of ether oxygens (including phenoxy) is 1. The topological polar surface area (TPSA) is 83.5 Å². The van der Waals surface area contributed by atoms with Gasteiger partial charge in [0.25, 0.3) is 0 Å². The smallest absolute Gasteiger partial charge is 0.319 e. The van der Waals surface area contributed by atoms with E-state index < -0.39 is 5.79 Å². The summed E-state index contributed by atoms with van der Waals surface area (Å²) < 4.78 is 5.58. The van der Waals surface area contributed by atoms with Crippen molar-refractivity contribution < 1.29 is 14.6 Å². The van der Waals surface area contributed by atoms with Gasteiger partial charge in [-0.1, -0.05) is 61.5 Å². The normalized spacial score (nSPS) is 13.3. The van der Waals surface area contributed by atoms with Crippen LogP contribution in [-0.4, -0.2) is 34.6 Å². The Kier molecular flexibility index (Phi) is 7.39. The average molecular weight is 420 g/mol. The number of benzene rings is 2. The van der Waals surface area contributed by atoms with Gasteiger partial charge >= 0.3 is 6.03 Å². The van der Waals surface area contributed by atoms with Crippen molar-refractivity contribution in [2.75, 3.05) is 11.9 Å². The lowest BCUT2D eigenvalue weighted by Crippen LogP contribution is -2.45. The largest absolute Gasteiger partial charge is 0.366 e. The minimum Gasteiger partial charge on any atom is -0.366 e. The number of nitrogens with zero attached hydrogens (tertiary/aromatic N) is 1. The first-order chi connectivity index (χ1) is 14.8. The van der Waals surface area contributed by atoms with Gasteiger partial charge in [0.05, 0.1) is 18.3 Å². The van der Waals surface area contributed by atoms with E-state index in [1.807, 2.05) is 73.7 Å². The van der Waals surface area contributed by atoms with Crippen LogP contribution in [0.25, 0.3) is 11.1 Å². The van der Waals surface area contributed by atoms with E-state index in [1.165, 1.54) is 0 Å². The van der Waals surface area contributed by atoms with Gasteiger partial charge in [0.15, 0.2) is 5.79 Å². The number of para-hydroxylation sites is 1. The second kappa shape index (κ2) is 10.2. The van der Waals surface area contributed by atoms with Gasteiger partial charge in [-0.3, -0.25) is 4.98 Å². The molecular formula is C25H29N3O3. The van der Waals surface area contributed by atoms with E-state index in [0.29, 0.717) is 5.69 Å². The number of carbonyl (C=O) groups excluding carboxylic acids is 1. The molecular weight excluding hydrogens is 390 g/mol. The lowest BCUT2D eigenvalue weighted by atomic mass is 9.94. The van der Waals surface area contributed by atoms with E-state index in [-0.39, 0.29) is 24.6 Å². The second-order valence-electron chi connectivity index (χ2n) is 7.95. The third-order valence-electron chi connectivity index (χ3n) is 5.01. The molecule has 1 heterocycles. The molecule has 3 rings (SSSR count). The van der Waals surface area contributed by atoms with Crippen molar-refractivity contribution in [1.82, 2.24) is 10.3 Å². The lowest BCUT2D eigenvalue weighted by molar-refractivity contribution is -0.180. The van der Waals surface area contributed by atoms with E-state index in [0.717, 1.165) is 16.7 Å². The maximum Gasteiger partial charge on any atom is 0.319 e. The van der Waals surface area contributed by atoms with Crippen LogP contribution < -0.4 is 10.6 Å². The molecule has 2 unspecified atom stereocenters. The lowest BCUT2D eigenvalue weighted by Gasteiger charge is -2.29. The summed E-state index contributed by atoms with van der Waals surface area (Å²) in [4.78, 5) is 17.1. The zero-order valence-electron chi connectivity index (χ0n) is 18.1. The van der Waals surface area contributed by atoms with Gasteiger partial charge in [0.1, 0.15) is 0 Å². The first-order valence-corrected chi connectivity index (χ1v) is 10.3. The highest BCUT2D eigenvalue weighted by molar-refractivity contribution is 5.94. The van der Waals surface area contributed by atoms with Crippen molar-refractivity contribution in [1.29, 1.82) is 0 Å². The van der Waals surface area contributed by atoms with Crippen LogP contribution in [0, 0.1) is 0 Å². The molecule has 2 amide bonds. The second-order valence-corrected chi connectivity index (χ2v) is 7.95. The molecule has 1 aromatic heterocycles. The van der Waals surface area contributed by atoms with Crippen LogP contribution in [0.5, 0.6) is 0 Å². The SMILES string of the molecule is CC(c1ccccc1)C(COC(C)(C)O)NC(=O)Nc1ccccc1-c1cccnc1. The molecule has 0 fully saturated rings. The van der Waals surface area contributed by atoms with Crippen LogP contribution in [0.15, 0.2) is 79.1 Å². The number of pyridine rings is 1. The first kappa shape index (κ1) is 22.5. The van der Waals surface area contributed by atoms with Crippen molar-refractivity contribution in [2.45, 2.75) is 38.5 Å². The number of rotatable bonds is 8. The fourth-order valence-electron chi connectivity index (χ4n) is 3.29. The Bertz CT molecular complexity index is 972. The fraction of sp³-hybridized carbons (Fsp3) is 0.280. The molecule has 0 radical (unpaired) electrons. The number of aliphatic hydroxyl groups is 1. The Morgan fingerprint density at radius 2 is 1.77 bits per heavy atom. The van der Waals surface area contributed by atoms with E-state index in [9.17, 15) is 9.90 Å². The molecule has 0 spiro atoms. The number of hydrogen-bond acceptors (Lipinski definition) is 4. The summed E-state index contributed by atoms with van der Waals surface area (Å²) >= 11 is 0. The zero-order chi connectivity index (χ0) is 22.3. The summed E-state index contributed by atoms with van der Waals surface area (Å²) in [6.45, 7) is 5.33. The summed E-state index contributed by atoms with van der Waals surface area (Å²) in [5, 5.41) is 16.0. The van der Waals surface area contributed by atoms with E-state index in [1.54, 1.807) is 26.2 Å². The maximum absolute atomic E-state index is 12.9. The molecule has 3 N–H and O–H groups in total. The number of anilines is 1. The molecule has 2 atom stereocenters. The molecule has 6 heteroatoms. The van der Waals surface area contributed by atoms with Crippen molar-refractivity contribution in [3.63, 3.8) is 0 Å². The van der Waals surface area contributed by atoms with Gasteiger partial charge in [0.2, 0.25) is 0 Å². The van der Waals surface area contributed by atoms with Crippen LogP contribution in [0.3, 0.4) is 0 Å². The number of urea groups is 1. The highest BCUT2D eigenvalue weighted by Crippen LogP contribution is 2.27. The molecule has 2 aromatic carbocycles. The van der Waals surface area contributed by atoms with Crippen LogP contribution in [0.4, 0.5) is 10.5 Å². The van der Waals surface area contributed by atoms with E-state index in [2.05, 4.69) is 15.6 Å². The van der Waals surface area contributed by atoms with Gasteiger partial charge in [-0.2, -0.15) is 0 Å². The van der Waals surface area contributed by atoms with E-state index in [4.69, 9.17) is 4.74 Å². The minimum atomic E-state index is -1.29. The summed E-state index contributed by atoms with van der Waals surface area (Å²) in [7, 11) is 0. The van der Waals surface area contributed by atoms with Crippen molar-refractivity contribution in [3.8, 4) is 11.1 Å². The first-order valence-electron chi connectivity index (χ1n) is 10.3. The van der Waals surface area contributed by atoms with Crippen LogP contribution in [0.1, 0.15) is 32.3 Å². The Morgan fingerprint density at radius 1 is 1.06 bits per heavy atom. The maximum atomic E-state index is 12.9. The molecule has 162 valence electrons. The molecule has 31 heavy (non-hydrogen) atoms.